The first-order valence-corrected chi connectivity index (χ1v) is 11.7. The SMILES string of the molecule is C[C@@](CCn1cnc2cc(-c3ccc(CCO)cc3F)ccc2c1=O)(C(=O)O)S(C)(=O)=O. The minimum atomic E-state index is -3.92. The molecule has 2 N–H and O–H groups in total. The van der Waals surface area contributed by atoms with Crippen LogP contribution < -0.4 is 5.56 Å². The highest BCUT2D eigenvalue weighted by Crippen LogP contribution is 2.26. The second-order valence-corrected chi connectivity index (χ2v) is 10.3. The van der Waals surface area contributed by atoms with Gasteiger partial charge in [0, 0.05) is 25.0 Å². The van der Waals surface area contributed by atoms with Crippen LogP contribution in [0.2, 0.25) is 0 Å². The molecule has 0 bridgehead atoms. The summed E-state index contributed by atoms with van der Waals surface area (Å²) >= 11 is 0. The highest BCUT2D eigenvalue weighted by atomic mass is 32.2. The Morgan fingerprint density at radius 3 is 2.53 bits per heavy atom. The number of fused-ring (bicyclic) bond motifs is 1. The van der Waals surface area contributed by atoms with Crippen LogP contribution in [0, 0.1) is 5.82 Å². The first-order valence-electron chi connectivity index (χ1n) is 9.80. The van der Waals surface area contributed by atoms with E-state index in [0.717, 1.165) is 13.2 Å². The predicted molar refractivity (Wildman–Crippen MR) is 118 cm³/mol. The number of carboxylic acid groups (broad SMARTS) is 1. The van der Waals surface area contributed by atoms with Gasteiger partial charge in [0.25, 0.3) is 5.56 Å². The Kier molecular flexibility index (Phi) is 6.47. The van der Waals surface area contributed by atoms with Gasteiger partial charge in [-0.2, -0.15) is 0 Å². The quantitative estimate of drug-likeness (QED) is 0.524. The number of hydrogen-bond acceptors (Lipinski definition) is 6. The monoisotopic (exact) mass is 462 g/mol. The van der Waals surface area contributed by atoms with Gasteiger partial charge < -0.3 is 10.2 Å². The van der Waals surface area contributed by atoms with Crippen molar-refractivity contribution in [2.45, 2.75) is 31.1 Å². The molecule has 1 heterocycles. The maximum atomic E-state index is 14.5. The minimum Gasteiger partial charge on any atom is -0.480 e. The van der Waals surface area contributed by atoms with Gasteiger partial charge in [0.1, 0.15) is 5.82 Å². The van der Waals surface area contributed by atoms with Crippen LogP contribution in [0.25, 0.3) is 22.0 Å². The minimum absolute atomic E-state index is 0.0826. The van der Waals surface area contributed by atoms with E-state index < -0.39 is 31.9 Å². The van der Waals surface area contributed by atoms with Crippen LogP contribution in [0.5, 0.6) is 0 Å². The van der Waals surface area contributed by atoms with Crippen molar-refractivity contribution in [1.29, 1.82) is 0 Å². The zero-order chi connectivity index (χ0) is 23.7. The summed E-state index contributed by atoms with van der Waals surface area (Å²) in [5, 5.41) is 18.6. The molecule has 0 radical (unpaired) electrons. The van der Waals surface area contributed by atoms with Crippen LogP contribution >= 0.6 is 0 Å². The Balaban J connectivity index is 1.94. The molecule has 3 aromatic rings. The van der Waals surface area contributed by atoms with Crippen molar-refractivity contribution in [3.63, 3.8) is 0 Å². The number of sulfone groups is 1. The van der Waals surface area contributed by atoms with Gasteiger partial charge >= 0.3 is 5.97 Å². The highest BCUT2D eigenvalue weighted by Gasteiger charge is 2.43. The molecule has 0 spiro atoms. The van der Waals surface area contributed by atoms with Crippen molar-refractivity contribution >= 4 is 26.7 Å². The van der Waals surface area contributed by atoms with Crippen molar-refractivity contribution < 1.29 is 27.8 Å². The van der Waals surface area contributed by atoms with Crippen LogP contribution in [0.1, 0.15) is 18.9 Å². The lowest BCUT2D eigenvalue weighted by molar-refractivity contribution is -0.139. The Morgan fingerprint density at radius 1 is 1.22 bits per heavy atom. The van der Waals surface area contributed by atoms with E-state index in [2.05, 4.69) is 4.98 Å². The number of aryl methyl sites for hydroxylation is 1. The summed E-state index contributed by atoms with van der Waals surface area (Å²) in [5.74, 6) is -1.95. The molecule has 32 heavy (non-hydrogen) atoms. The fraction of sp³-hybridized carbons (Fsp3) is 0.318. The number of halogens is 1. The standard InChI is InChI=1S/C22H23FN2O6S/c1-22(21(28)29,32(2,30)31)8-9-25-13-24-19-12-15(4-6-17(19)20(25)27)16-5-3-14(7-10-26)11-18(16)23/h3-6,11-13,26H,7-10H2,1-2H3,(H,28,29)/t22-/m1/s1. The zero-order valence-corrected chi connectivity index (χ0v) is 18.4. The number of nitrogens with zero attached hydrogens (tertiary/aromatic N) is 2. The molecule has 1 aromatic heterocycles. The second kappa shape index (κ2) is 8.79. The summed E-state index contributed by atoms with van der Waals surface area (Å²) in [6.45, 7) is 0.873. The highest BCUT2D eigenvalue weighted by molar-refractivity contribution is 7.92. The number of carbonyl (C=O) groups is 1. The smallest absolute Gasteiger partial charge is 0.324 e. The third-order valence-corrected chi connectivity index (χ3v) is 7.69. The van der Waals surface area contributed by atoms with E-state index in [1.807, 2.05) is 0 Å². The fourth-order valence-corrected chi connectivity index (χ4v) is 4.13. The molecule has 0 unspecified atom stereocenters. The maximum Gasteiger partial charge on any atom is 0.324 e. The zero-order valence-electron chi connectivity index (χ0n) is 17.6. The van der Waals surface area contributed by atoms with Gasteiger partial charge in [0.15, 0.2) is 14.6 Å². The largest absolute Gasteiger partial charge is 0.480 e. The Hall–Kier alpha value is -3.11. The van der Waals surface area contributed by atoms with E-state index >= 15 is 0 Å². The first-order chi connectivity index (χ1) is 15.0. The summed E-state index contributed by atoms with van der Waals surface area (Å²) in [5.41, 5.74) is 1.38. The maximum absolute atomic E-state index is 14.5. The third kappa shape index (κ3) is 4.42. The Morgan fingerprint density at radius 2 is 1.94 bits per heavy atom. The number of hydrogen-bond donors (Lipinski definition) is 2. The molecule has 0 saturated carbocycles. The molecule has 3 rings (SSSR count). The Labute approximate surface area is 183 Å². The lowest BCUT2D eigenvalue weighted by Crippen LogP contribution is -2.44. The van der Waals surface area contributed by atoms with Crippen LogP contribution in [0.4, 0.5) is 4.39 Å². The first kappa shape index (κ1) is 23.6. The van der Waals surface area contributed by atoms with E-state index in [9.17, 15) is 27.5 Å². The average Bonchev–Trinajstić information content (AvgIpc) is 2.72. The van der Waals surface area contributed by atoms with Crippen molar-refractivity contribution in [2.24, 2.45) is 0 Å². The molecule has 10 heteroatoms. The van der Waals surface area contributed by atoms with E-state index in [-0.39, 0.29) is 25.0 Å². The van der Waals surface area contributed by atoms with Crippen LogP contribution in [0.3, 0.4) is 0 Å². The van der Waals surface area contributed by atoms with Gasteiger partial charge in [0.2, 0.25) is 0 Å². The molecule has 0 aliphatic heterocycles. The van der Waals surface area contributed by atoms with Crippen LogP contribution in [-0.2, 0) is 27.6 Å². The number of aliphatic hydroxyl groups is 1. The lowest BCUT2D eigenvalue weighted by Gasteiger charge is -2.22. The van der Waals surface area contributed by atoms with Crippen LogP contribution in [-0.4, -0.2) is 51.8 Å². The second-order valence-electron chi connectivity index (χ2n) is 7.82. The number of benzene rings is 2. The van der Waals surface area contributed by atoms with Crippen LogP contribution in [0.15, 0.2) is 47.5 Å². The van der Waals surface area contributed by atoms with Gasteiger partial charge in [-0.3, -0.25) is 14.2 Å². The lowest BCUT2D eigenvalue weighted by atomic mass is 10.0. The molecular formula is C22H23FN2O6S. The molecule has 0 aliphatic carbocycles. The predicted octanol–water partition coefficient (Wildman–Crippen LogP) is 2.02. The molecule has 0 amide bonds. The van der Waals surface area contributed by atoms with Crippen molar-refractivity contribution in [2.75, 3.05) is 12.9 Å². The molecule has 0 aliphatic rings. The normalized spacial score (nSPS) is 13.8. The summed E-state index contributed by atoms with van der Waals surface area (Å²) in [6, 6.07) is 9.32. The topological polar surface area (TPSA) is 127 Å². The number of aromatic nitrogens is 2. The van der Waals surface area contributed by atoms with Gasteiger partial charge in [-0.05, 0) is 49.1 Å². The van der Waals surface area contributed by atoms with E-state index in [4.69, 9.17) is 5.11 Å². The molecule has 0 fully saturated rings. The van der Waals surface area contributed by atoms with E-state index in [0.29, 0.717) is 28.6 Å². The fourth-order valence-electron chi connectivity index (χ4n) is 3.35. The van der Waals surface area contributed by atoms with Crippen molar-refractivity contribution in [3.8, 4) is 11.1 Å². The molecule has 8 nitrogen and oxygen atoms in total. The van der Waals surface area contributed by atoms with E-state index in [1.54, 1.807) is 24.3 Å². The van der Waals surface area contributed by atoms with Gasteiger partial charge in [-0.1, -0.05) is 18.2 Å². The van der Waals surface area contributed by atoms with Crippen molar-refractivity contribution in [3.05, 3.63) is 64.5 Å². The van der Waals surface area contributed by atoms with Crippen molar-refractivity contribution in [1.82, 2.24) is 9.55 Å². The summed E-state index contributed by atoms with van der Waals surface area (Å²) in [4.78, 5) is 28.6. The summed E-state index contributed by atoms with van der Waals surface area (Å²) in [7, 11) is -3.92. The number of rotatable bonds is 8. The summed E-state index contributed by atoms with van der Waals surface area (Å²) in [6.07, 6.45) is 2.10. The van der Waals surface area contributed by atoms with Gasteiger partial charge in [0.05, 0.1) is 17.2 Å². The molecular weight excluding hydrogens is 439 g/mol. The average molecular weight is 462 g/mol. The number of aliphatic hydroxyl groups excluding tert-OH is 1. The van der Waals surface area contributed by atoms with Gasteiger partial charge in [-0.15, -0.1) is 0 Å². The number of aliphatic carboxylic acids is 1. The molecule has 1 atom stereocenters. The summed E-state index contributed by atoms with van der Waals surface area (Å²) < 4.78 is 37.5. The molecule has 2 aromatic carbocycles. The van der Waals surface area contributed by atoms with E-state index in [1.165, 1.54) is 23.0 Å². The molecule has 170 valence electrons. The Bertz CT molecular complexity index is 1350. The molecule has 0 saturated heterocycles. The third-order valence-electron chi connectivity index (χ3n) is 5.67. The number of carboxylic acids is 1. The van der Waals surface area contributed by atoms with Gasteiger partial charge in [-0.25, -0.2) is 17.8 Å².